The molecule has 1 aliphatic rings. The van der Waals surface area contributed by atoms with Crippen molar-refractivity contribution in [3.63, 3.8) is 0 Å². The fourth-order valence-corrected chi connectivity index (χ4v) is 2.12. The van der Waals surface area contributed by atoms with Crippen molar-refractivity contribution in [2.45, 2.75) is 19.3 Å². The lowest BCUT2D eigenvalue weighted by molar-refractivity contribution is 0.722. The molecule has 0 saturated heterocycles. The van der Waals surface area contributed by atoms with Crippen LogP contribution in [0.4, 0.5) is 5.82 Å². The number of anilines is 1. The molecule has 2 heterocycles. The minimum absolute atomic E-state index is 0.708. The van der Waals surface area contributed by atoms with E-state index in [1.54, 1.807) is 10.9 Å². The SMILES string of the molecule is Cn1nc(CC2CC2)c(-c2ccccn2)c1N. The molecule has 0 bridgehead atoms. The van der Waals surface area contributed by atoms with Gasteiger partial charge in [0.05, 0.1) is 17.0 Å². The molecule has 2 aromatic heterocycles. The number of pyridine rings is 1. The number of aryl methyl sites for hydroxylation is 1. The monoisotopic (exact) mass is 228 g/mol. The van der Waals surface area contributed by atoms with Gasteiger partial charge in [-0.1, -0.05) is 6.07 Å². The Bertz CT molecular complexity index is 526. The minimum atomic E-state index is 0.708. The lowest BCUT2D eigenvalue weighted by Gasteiger charge is -2.02. The van der Waals surface area contributed by atoms with Crippen molar-refractivity contribution in [1.29, 1.82) is 0 Å². The van der Waals surface area contributed by atoms with Crippen LogP contribution in [0.5, 0.6) is 0 Å². The van der Waals surface area contributed by atoms with Gasteiger partial charge in [0.25, 0.3) is 0 Å². The zero-order valence-corrected chi connectivity index (χ0v) is 9.93. The smallest absolute Gasteiger partial charge is 0.131 e. The summed E-state index contributed by atoms with van der Waals surface area (Å²) in [5, 5.41) is 4.52. The first kappa shape index (κ1) is 10.3. The number of nitrogens with zero attached hydrogens (tertiary/aromatic N) is 3. The molecule has 0 atom stereocenters. The van der Waals surface area contributed by atoms with Gasteiger partial charge in [-0.2, -0.15) is 5.10 Å². The van der Waals surface area contributed by atoms with Crippen LogP contribution in [0.25, 0.3) is 11.3 Å². The first-order valence-electron chi connectivity index (χ1n) is 5.98. The molecule has 17 heavy (non-hydrogen) atoms. The summed E-state index contributed by atoms with van der Waals surface area (Å²) >= 11 is 0. The Balaban J connectivity index is 2.06. The highest BCUT2D eigenvalue weighted by molar-refractivity contribution is 5.73. The number of aromatic nitrogens is 3. The van der Waals surface area contributed by atoms with E-state index in [9.17, 15) is 0 Å². The molecule has 0 unspecified atom stereocenters. The highest BCUT2D eigenvalue weighted by Gasteiger charge is 2.26. The first-order valence-corrected chi connectivity index (χ1v) is 5.98. The quantitative estimate of drug-likeness (QED) is 0.874. The molecule has 0 radical (unpaired) electrons. The van der Waals surface area contributed by atoms with Crippen LogP contribution in [0.15, 0.2) is 24.4 Å². The van der Waals surface area contributed by atoms with E-state index >= 15 is 0 Å². The highest BCUT2D eigenvalue weighted by Crippen LogP contribution is 2.36. The van der Waals surface area contributed by atoms with Gasteiger partial charge >= 0.3 is 0 Å². The fourth-order valence-electron chi connectivity index (χ4n) is 2.12. The Morgan fingerprint density at radius 2 is 2.24 bits per heavy atom. The van der Waals surface area contributed by atoms with Crippen LogP contribution in [0.2, 0.25) is 0 Å². The van der Waals surface area contributed by atoms with Gasteiger partial charge in [0.1, 0.15) is 5.82 Å². The summed E-state index contributed by atoms with van der Waals surface area (Å²) in [6.07, 6.45) is 5.45. The van der Waals surface area contributed by atoms with E-state index in [-0.39, 0.29) is 0 Å². The van der Waals surface area contributed by atoms with Crippen molar-refractivity contribution < 1.29 is 0 Å². The van der Waals surface area contributed by atoms with Gasteiger partial charge in [-0.25, -0.2) is 0 Å². The van der Waals surface area contributed by atoms with Gasteiger partial charge < -0.3 is 5.73 Å². The molecule has 88 valence electrons. The molecule has 0 amide bonds. The molecule has 0 aliphatic heterocycles. The largest absolute Gasteiger partial charge is 0.383 e. The Morgan fingerprint density at radius 3 is 2.88 bits per heavy atom. The maximum atomic E-state index is 6.09. The number of nitrogen functional groups attached to an aromatic ring is 1. The third kappa shape index (κ3) is 1.90. The molecule has 1 saturated carbocycles. The summed E-state index contributed by atoms with van der Waals surface area (Å²) < 4.78 is 1.75. The van der Waals surface area contributed by atoms with E-state index in [2.05, 4.69) is 10.1 Å². The van der Waals surface area contributed by atoms with Crippen molar-refractivity contribution >= 4 is 5.82 Å². The average Bonchev–Trinajstić information content (AvgIpc) is 3.09. The molecule has 1 fully saturated rings. The second-order valence-corrected chi connectivity index (χ2v) is 4.69. The summed E-state index contributed by atoms with van der Waals surface area (Å²) in [6.45, 7) is 0. The highest BCUT2D eigenvalue weighted by atomic mass is 15.3. The van der Waals surface area contributed by atoms with Crippen molar-refractivity contribution in [1.82, 2.24) is 14.8 Å². The van der Waals surface area contributed by atoms with Gasteiger partial charge in [-0.05, 0) is 37.3 Å². The van der Waals surface area contributed by atoms with Crippen LogP contribution >= 0.6 is 0 Å². The molecular weight excluding hydrogens is 212 g/mol. The predicted octanol–water partition coefficient (Wildman–Crippen LogP) is 2.02. The number of nitrogens with two attached hydrogens (primary N) is 1. The molecule has 2 N–H and O–H groups in total. The van der Waals surface area contributed by atoms with E-state index in [4.69, 9.17) is 5.73 Å². The van der Waals surface area contributed by atoms with Gasteiger partial charge in [0.15, 0.2) is 0 Å². The second-order valence-electron chi connectivity index (χ2n) is 4.69. The fraction of sp³-hybridized carbons (Fsp3) is 0.385. The topological polar surface area (TPSA) is 56.7 Å². The summed E-state index contributed by atoms with van der Waals surface area (Å²) in [7, 11) is 1.89. The van der Waals surface area contributed by atoms with Crippen LogP contribution < -0.4 is 5.73 Å². The van der Waals surface area contributed by atoms with Gasteiger partial charge in [0, 0.05) is 13.2 Å². The number of hydrogen-bond donors (Lipinski definition) is 1. The summed E-state index contributed by atoms with van der Waals surface area (Å²) in [5.74, 6) is 1.51. The van der Waals surface area contributed by atoms with E-state index < -0.39 is 0 Å². The summed E-state index contributed by atoms with van der Waals surface area (Å²) in [4.78, 5) is 4.38. The van der Waals surface area contributed by atoms with Crippen LogP contribution in [-0.4, -0.2) is 14.8 Å². The molecule has 2 aromatic rings. The van der Waals surface area contributed by atoms with Crippen molar-refractivity contribution in [2.75, 3.05) is 5.73 Å². The zero-order chi connectivity index (χ0) is 11.8. The molecule has 4 nitrogen and oxygen atoms in total. The van der Waals surface area contributed by atoms with Crippen molar-refractivity contribution in [3.8, 4) is 11.3 Å². The Morgan fingerprint density at radius 1 is 1.41 bits per heavy atom. The molecule has 3 rings (SSSR count). The van der Waals surface area contributed by atoms with Crippen LogP contribution in [0.1, 0.15) is 18.5 Å². The summed E-state index contributed by atoms with van der Waals surface area (Å²) in [6, 6.07) is 5.88. The lowest BCUT2D eigenvalue weighted by atomic mass is 10.1. The van der Waals surface area contributed by atoms with E-state index in [1.807, 2.05) is 25.2 Å². The lowest BCUT2D eigenvalue weighted by Crippen LogP contribution is -1.98. The van der Waals surface area contributed by atoms with E-state index in [1.165, 1.54) is 12.8 Å². The van der Waals surface area contributed by atoms with Crippen LogP contribution in [0.3, 0.4) is 0 Å². The minimum Gasteiger partial charge on any atom is -0.383 e. The molecule has 0 spiro atoms. The zero-order valence-electron chi connectivity index (χ0n) is 9.93. The van der Waals surface area contributed by atoms with Crippen LogP contribution in [-0.2, 0) is 13.5 Å². The Kier molecular flexibility index (Phi) is 2.35. The van der Waals surface area contributed by atoms with Crippen molar-refractivity contribution in [2.24, 2.45) is 13.0 Å². The van der Waals surface area contributed by atoms with E-state index in [0.29, 0.717) is 5.82 Å². The van der Waals surface area contributed by atoms with Gasteiger partial charge in [0.2, 0.25) is 0 Å². The number of hydrogen-bond acceptors (Lipinski definition) is 3. The van der Waals surface area contributed by atoms with Gasteiger partial charge in [-0.3, -0.25) is 9.67 Å². The predicted molar refractivity (Wildman–Crippen MR) is 67.3 cm³/mol. The summed E-state index contributed by atoms with van der Waals surface area (Å²) in [5.41, 5.74) is 9.12. The average molecular weight is 228 g/mol. The standard InChI is InChI=1S/C13H16N4/c1-17-13(14)12(10-4-2-3-7-15-10)11(16-17)8-9-5-6-9/h2-4,7,9H,5-6,8,14H2,1H3. The number of rotatable bonds is 3. The molecule has 4 heteroatoms. The Labute approximate surface area is 100 Å². The maximum Gasteiger partial charge on any atom is 0.131 e. The first-order chi connectivity index (χ1) is 8.25. The van der Waals surface area contributed by atoms with Crippen LogP contribution in [0, 0.1) is 5.92 Å². The van der Waals surface area contributed by atoms with Gasteiger partial charge in [-0.15, -0.1) is 0 Å². The molecule has 0 aromatic carbocycles. The molecular formula is C13H16N4. The molecule has 1 aliphatic carbocycles. The maximum absolute atomic E-state index is 6.09. The third-order valence-corrected chi connectivity index (χ3v) is 3.26. The second kappa shape index (κ2) is 3.87. The normalized spacial score (nSPS) is 15.1. The Hall–Kier alpha value is -1.84. The van der Waals surface area contributed by atoms with Crippen molar-refractivity contribution in [3.05, 3.63) is 30.1 Å². The third-order valence-electron chi connectivity index (χ3n) is 3.26. The van der Waals surface area contributed by atoms with E-state index in [0.717, 1.165) is 29.3 Å².